The summed E-state index contributed by atoms with van der Waals surface area (Å²) in [5.74, 6) is 0.200. The fourth-order valence-electron chi connectivity index (χ4n) is 1.33. The largest absolute Gasteiger partial charge is 0.394 e. The summed E-state index contributed by atoms with van der Waals surface area (Å²) in [6, 6.07) is 1.46. The highest BCUT2D eigenvalue weighted by Crippen LogP contribution is 2.05. The number of aliphatic hydroxyl groups excluding tert-OH is 3. The van der Waals surface area contributed by atoms with E-state index in [2.05, 4.69) is 9.82 Å². The van der Waals surface area contributed by atoms with Crippen molar-refractivity contribution in [1.82, 2.24) is 9.55 Å². The molecular formula is C10H16ClN3O5. The van der Waals surface area contributed by atoms with E-state index < -0.39 is 30.6 Å². The summed E-state index contributed by atoms with van der Waals surface area (Å²) in [5.41, 5.74) is -0.603. The van der Waals surface area contributed by atoms with Crippen molar-refractivity contribution < 1.29 is 20.1 Å². The maximum atomic E-state index is 11.5. The maximum Gasteiger partial charge on any atom is 0.351 e. The molecular weight excluding hydrogens is 278 g/mol. The Labute approximate surface area is 114 Å². The van der Waals surface area contributed by atoms with Crippen molar-refractivity contribution in [3.63, 3.8) is 0 Å². The van der Waals surface area contributed by atoms with Gasteiger partial charge in [-0.2, -0.15) is 4.98 Å². The number of hydrogen-bond donors (Lipinski definition) is 4. The lowest BCUT2D eigenvalue weighted by Gasteiger charge is -2.23. The van der Waals surface area contributed by atoms with Crippen LogP contribution in [0.3, 0.4) is 0 Å². The third-order valence-electron chi connectivity index (χ3n) is 2.45. The molecule has 0 radical (unpaired) electrons. The molecule has 3 atom stereocenters. The molecule has 2 unspecified atom stereocenters. The van der Waals surface area contributed by atoms with Crippen molar-refractivity contribution in [1.29, 1.82) is 0 Å². The molecule has 0 saturated heterocycles. The minimum atomic E-state index is -1.25. The highest BCUT2D eigenvalue weighted by Gasteiger charge is 2.23. The minimum Gasteiger partial charge on any atom is -0.394 e. The molecule has 0 aliphatic rings. The Bertz CT molecular complexity index is 453. The predicted octanol–water partition coefficient (Wildman–Crippen LogP) is -1.11. The van der Waals surface area contributed by atoms with E-state index in [1.165, 1.54) is 19.2 Å². The second-order valence-electron chi connectivity index (χ2n) is 3.91. The lowest BCUT2D eigenvalue weighted by atomic mass is 10.1. The van der Waals surface area contributed by atoms with E-state index in [0.717, 1.165) is 4.57 Å². The Hall–Kier alpha value is -1.19. The minimum absolute atomic E-state index is 0.200. The van der Waals surface area contributed by atoms with Crippen LogP contribution in [0.1, 0.15) is 6.92 Å². The molecule has 4 N–H and O–H groups in total. The van der Waals surface area contributed by atoms with E-state index in [1.54, 1.807) is 0 Å². The van der Waals surface area contributed by atoms with Gasteiger partial charge in [-0.25, -0.2) is 4.79 Å². The summed E-state index contributed by atoms with van der Waals surface area (Å²) in [7, 11) is 0. The summed E-state index contributed by atoms with van der Waals surface area (Å²) in [5, 5.41) is 27.8. The second kappa shape index (κ2) is 7.41. The second-order valence-corrected chi connectivity index (χ2v) is 4.10. The van der Waals surface area contributed by atoms with Crippen molar-refractivity contribution in [3.05, 3.63) is 22.7 Å². The molecule has 19 heavy (non-hydrogen) atoms. The molecule has 0 amide bonds. The van der Waals surface area contributed by atoms with Crippen LogP contribution in [-0.2, 0) is 11.5 Å². The topological polar surface area (TPSA) is 117 Å². The van der Waals surface area contributed by atoms with Crippen molar-refractivity contribution >= 4 is 17.6 Å². The molecule has 0 spiro atoms. The van der Waals surface area contributed by atoms with Gasteiger partial charge in [0.15, 0.2) is 0 Å². The molecule has 1 aromatic rings. The molecule has 1 rings (SSSR count). The number of anilines is 1. The number of aliphatic hydroxyl groups is 3. The molecule has 9 heteroatoms. The molecule has 0 aromatic carbocycles. The number of ether oxygens (including phenoxy) is 1. The van der Waals surface area contributed by atoms with Crippen LogP contribution in [0.2, 0.25) is 0 Å². The Balaban J connectivity index is 2.67. The van der Waals surface area contributed by atoms with E-state index in [-0.39, 0.29) is 12.5 Å². The fourth-order valence-corrected chi connectivity index (χ4v) is 1.43. The van der Waals surface area contributed by atoms with Gasteiger partial charge in [0.2, 0.25) is 0 Å². The zero-order valence-corrected chi connectivity index (χ0v) is 11.0. The quantitative estimate of drug-likeness (QED) is 0.471. The van der Waals surface area contributed by atoms with Crippen LogP contribution < -0.4 is 10.5 Å². The number of aromatic nitrogens is 2. The van der Waals surface area contributed by atoms with E-state index in [4.69, 9.17) is 21.6 Å². The third kappa shape index (κ3) is 4.44. The van der Waals surface area contributed by atoms with Crippen LogP contribution in [0.5, 0.6) is 0 Å². The van der Waals surface area contributed by atoms with Gasteiger partial charge >= 0.3 is 5.69 Å². The molecule has 108 valence electrons. The Morgan fingerprint density at radius 2 is 2.26 bits per heavy atom. The Kier molecular flexibility index (Phi) is 6.19. The van der Waals surface area contributed by atoms with Crippen LogP contribution in [0.25, 0.3) is 0 Å². The lowest BCUT2D eigenvalue weighted by Crippen LogP contribution is -2.41. The number of nitrogens with one attached hydrogen (secondary N) is 1. The van der Waals surface area contributed by atoms with E-state index >= 15 is 0 Å². The van der Waals surface area contributed by atoms with Crippen molar-refractivity contribution in [2.75, 3.05) is 11.4 Å². The number of halogens is 1. The summed E-state index contributed by atoms with van der Waals surface area (Å²) in [6.07, 6.45) is -1.92. The monoisotopic (exact) mass is 293 g/mol. The van der Waals surface area contributed by atoms with Gasteiger partial charge < -0.3 is 20.1 Å². The number of rotatable bonds is 7. The molecule has 0 fully saturated rings. The molecule has 0 saturated carbocycles. The highest BCUT2D eigenvalue weighted by atomic mass is 35.5. The predicted molar refractivity (Wildman–Crippen MR) is 67.6 cm³/mol. The molecule has 1 aromatic heterocycles. The van der Waals surface area contributed by atoms with Crippen molar-refractivity contribution in [2.45, 2.75) is 32.0 Å². The fraction of sp³-hybridized carbons (Fsp3) is 0.600. The van der Waals surface area contributed by atoms with E-state index in [0.29, 0.717) is 0 Å². The molecule has 0 bridgehead atoms. The SMILES string of the molecule is CC(O)C(O)[C@@H](CO)OCn1ccc(NCl)nc1=O. The first-order valence-corrected chi connectivity index (χ1v) is 5.90. The Morgan fingerprint density at radius 3 is 2.74 bits per heavy atom. The zero-order valence-electron chi connectivity index (χ0n) is 10.2. The molecule has 0 aliphatic carbocycles. The summed E-state index contributed by atoms with van der Waals surface area (Å²) < 4.78 is 6.28. The van der Waals surface area contributed by atoms with Gasteiger partial charge in [-0.3, -0.25) is 9.40 Å². The van der Waals surface area contributed by atoms with Crippen LogP contribution in [0.4, 0.5) is 5.82 Å². The Morgan fingerprint density at radius 1 is 1.58 bits per heavy atom. The maximum absolute atomic E-state index is 11.5. The van der Waals surface area contributed by atoms with Crippen LogP contribution in [0.15, 0.2) is 17.1 Å². The third-order valence-corrected chi connectivity index (χ3v) is 2.65. The number of nitrogens with zero attached hydrogens (tertiary/aromatic N) is 2. The highest BCUT2D eigenvalue weighted by molar-refractivity contribution is 6.23. The van der Waals surface area contributed by atoms with Gasteiger partial charge in [-0.15, -0.1) is 0 Å². The van der Waals surface area contributed by atoms with Gasteiger partial charge in [0, 0.05) is 18.0 Å². The first-order valence-electron chi connectivity index (χ1n) is 5.52. The normalized spacial score (nSPS) is 15.8. The van der Waals surface area contributed by atoms with Gasteiger partial charge in [0.1, 0.15) is 24.8 Å². The summed E-state index contributed by atoms with van der Waals surface area (Å²) in [4.78, 5) is 17.3. The zero-order chi connectivity index (χ0) is 14.4. The summed E-state index contributed by atoms with van der Waals surface area (Å²) in [6.45, 7) is 0.657. The van der Waals surface area contributed by atoms with Crippen LogP contribution in [-0.4, -0.2) is 49.8 Å². The van der Waals surface area contributed by atoms with Gasteiger partial charge in [0.25, 0.3) is 0 Å². The van der Waals surface area contributed by atoms with Crippen LogP contribution in [0, 0.1) is 0 Å². The van der Waals surface area contributed by atoms with Crippen LogP contribution >= 0.6 is 11.8 Å². The first kappa shape index (κ1) is 15.9. The first-order chi connectivity index (χ1) is 8.99. The average molecular weight is 294 g/mol. The van der Waals surface area contributed by atoms with Gasteiger partial charge in [-0.05, 0) is 13.0 Å². The van der Waals surface area contributed by atoms with Gasteiger partial charge in [-0.1, -0.05) is 0 Å². The lowest BCUT2D eigenvalue weighted by molar-refractivity contribution is -0.120. The van der Waals surface area contributed by atoms with E-state index in [1.807, 2.05) is 0 Å². The number of hydrogen-bond acceptors (Lipinski definition) is 7. The van der Waals surface area contributed by atoms with Crippen molar-refractivity contribution in [2.24, 2.45) is 0 Å². The van der Waals surface area contributed by atoms with Crippen molar-refractivity contribution in [3.8, 4) is 0 Å². The molecule has 1 heterocycles. The molecule has 0 aliphatic heterocycles. The standard InChI is InChI=1S/C10H16ClN3O5/c1-6(16)9(17)7(4-15)19-5-14-3-2-8(13-11)12-10(14)18/h2-3,6-7,9,15-17H,4-5H2,1H3,(H,12,13,18)/t6?,7-,9?/m1/s1. The van der Waals surface area contributed by atoms with Gasteiger partial charge in [0.05, 0.1) is 12.7 Å². The average Bonchev–Trinajstić information content (AvgIpc) is 2.40. The smallest absolute Gasteiger partial charge is 0.351 e. The summed E-state index contributed by atoms with van der Waals surface area (Å²) >= 11 is 5.29. The molecule has 8 nitrogen and oxygen atoms in total. The van der Waals surface area contributed by atoms with E-state index in [9.17, 15) is 15.0 Å².